The summed E-state index contributed by atoms with van der Waals surface area (Å²) in [6, 6.07) is 10.6. The Hall–Kier alpha value is -0.870. The summed E-state index contributed by atoms with van der Waals surface area (Å²) < 4.78 is 22.6. The van der Waals surface area contributed by atoms with E-state index in [0.29, 0.717) is 19.0 Å². The number of nitrogens with zero attached hydrogens (tertiary/aromatic N) is 2. The van der Waals surface area contributed by atoms with Crippen molar-refractivity contribution in [3.05, 3.63) is 35.9 Å². The number of benzene rings is 1. The SMILES string of the molecule is CCNC(=NCC(c1ccccc1)N(CC)CC)NCCS(C)(=O)=O.I. The summed E-state index contributed by atoms with van der Waals surface area (Å²) >= 11 is 0. The number of guanidine groups is 1. The van der Waals surface area contributed by atoms with Crippen molar-refractivity contribution in [1.29, 1.82) is 0 Å². The molecule has 1 unspecified atom stereocenters. The molecule has 0 aliphatic carbocycles. The highest BCUT2D eigenvalue weighted by Gasteiger charge is 2.17. The monoisotopic (exact) mass is 496 g/mol. The van der Waals surface area contributed by atoms with Crippen molar-refractivity contribution in [2.45, 2.75) is 26.8 Å². The van der Waals surface area contributed by atoms with E-state index in [-0.39, 0.29) is 35.8 Å². The van der Waals surface area contributed by atoms with Crippen molar-refractivity contribution < 1.29 is 8.42 Å². The minimum atomic E-state index is -2.98. The number of nitrogens with one attached hydrogen (secondary N) is 2. The van der Waals surface area contributed by atoms with Crippen molar-refractivity contribution in [2.24, 2.45) is 4.99 Å². The van der Waals surface area contributed by atoms with Crippen LogP contribution >= 0.6 is 24.0 Å². The third-order valence-corrected chi connectivity index (χ3v) is 4.92. The van der Waals surface area contributed by atoms with Crippen molar-refractivity contribution in [1.82, 2.24) is 15.5 Å². The van der Waals surface area contributed by atoms with E-state index in [1.807, 2.05) is 25.1 Å². The Morgan fingerprint density at radius 1 is 1.12 bits per heavy atom. The summed E-state index contributed by atoms with van der Waals surface area (Å²) in [5.41, 5.74) is 1.24. The number of likely N-dealkylation sites (N-methyl/N-ethyl adjacent to an activating group) is 1. The molecule has 0 bridgehead atoms. The number of hydrogen-bond donors (Lipinski definition) is 2. The molecule has 1 rings (SSSR count). The predicted octanol–water partition coefficient (Wildman–Crippen LogP) is 2.29. The zero-order valence-corrected chi connectivity index (χ0v) is 19.4. The fourth-order valence-corrected chi connectivity index (χ4v) is 3.12. The lowest BCUT2D eigenvalue weighted by Gasteiger charge is -2.29. The molecule has 0 radical (unpaired) electrons. The fraction of sp³-hybridized carbons (Fsp3) is 0.611. The molecule has 0 fully saturated rings. The van der Waals surface area contributed by atoms with Crippen LogP contribution < -0.4 is 10.6 Å². The first-order valence-corrected chi connectivity index (χ1v) is 11.0. The van der Waals surface area contributed by atoms with Gasteiger partial charge in [-0.2, -0.15) is 0 Å². The second-order valence-corrected chi connectivity index (χ2v) is 8.18. The molecule has 0 saturated heterocycles. The summed E-state index contributed by atoms with van der Waals surface area (Å²) in [4.78, 5) is 7.06. The average Bonchev–Trinajstić information content (AvgIpc) is 2.58. The molecule has 0 aliphatic heterocycles. The maximum atomic E-state index is 11.3. The summed E-state index contributed by atoms with van der Waals surface area (Å²) in [6.07, 6.45) is 1.24. The second-order valence-electron chi connectivity index (χ2n) is 5.92. The lowest BCUT2D eigenvalue weighted by molar-refractivity contribution is 0.224. The largest absolute Gasteiger partial charge is 0.357 e. The van der Waals surface area contributed by atoms with Gasteiger partial charge in [-0.05, 0) is 25.6 Å². The van der Waals surface area contributed by atoms with E-state index in [2.05, 4.69) is 46.5 Å². The molecule has 150 valence electrons. The van der Waals surface area contributed by atoms with Crippen LogP contribution in [-0.2, 0) is 9.84 Å². The van der Waals surface area contributed by atoms with E-state index in [0.717, 1.165) is 19.6 Å². The predicted molar refractivity (Wildman–Crippen MR) is 121 cm³/mol. The number of rotatable bonds is 10. The Kier molecular flexibility index (Phi) is 12.9. The standard InChI is InChI=1S/C18H32N4O2S.HI/c1-5-19-18(20-13-14-25(4,23)24)21-15-17(22(6-2)7-3)16-11-9-8-10-12-16;/h8-12,17H,5-7,13-15H2,1-4H3,(H2,19,20,21);1H. The molecule has 0 saturated carbocycles. The molecular formula is C18H33IN4O2S. The molecule has 1 aromatic rings. The van der Waals surface area contributed by atoms with Crippen LogP contribution in [0.15, 0.2) is 35.3 Å². The van der Waals surface area contributed by atoms with E-state index in [4.69, 9.17) is 0 Å². The van der Waals surface area contributed by atoms with E-state index < -0.39 is 9.84 Å². The third kappa shape index (κ3) is 9.72. The Morgan fingerprint density at radius 2 is 1.73 bits per heavy atom. The highest BCUT2D eigenvalue weighted by Crippen LogP contribution is 2.20. The van der Waals surface area contributed by atoms with Gasteiger partial charge in [-0.15, -0.1) is 24.0 Å². The summed E-state index contributed by atoms with van der Waals surface area (Å²) in [7, 11) is -2.98. The van der Waals surface area contributed by atoms with E-state index in [1.54, 1.807) is 0 Å². The van der Waals surface area contributed by atoms with Crippen molar-refractivity contribution >= 4 is 39.8 Å². The lowest BCUT2D eigenvalue weighted by Crippen LogP contribution is -2.40. The van der Waals surface area contributed by atoms with Gasteiger partial charge >= 0.3 is 0 Å². The van der Waals surface area contributed by atoms with Gasteiger partial charge in [0.05, 0.1) is 18.3 Å². The molecule has 0 spiro atoms. The van der Waals surface area contributed by atoms with Crippen LogP contribution in [0.25, 0.3) is 0 Å². The molecule has 1 atom stereocenters. The van der Waals surface area contributed by atoms with E-state index >= 15 is 0 Å². The zero-order valence-electron chi connectivity index (χ0n) is 16.2. The Bertz CT molecular complexity index is 619. The van der Waals surface area contributed by atoms with Gasteiger partial charge < -0.3 is 10.6 Å². The fourth-order valence-electron chi connectivity index (χ4n) is 2.65. The van der Waals surface area contributed by atoms with E-state index in [1.165, 1.54) is 11.8 Å². The van der Waals surface area contributed by atoms with Gasteiger partial charge in [-0.3, -0.25) is 9.89 Å². The van der Waals surface area contributed by atoms with Crippen LogP contribution in [0.2, 0.25) is 0 Å². The molecule has 2 N–H and O–H groups in total. The summed E-state index contributed by atoms with van der Waals surface area (Å²) in [5, 5.41) is 6.28. The Balaban J connectivity index is 0.00000625. The lowest BCUT2D eigenvalue weighted by atomic mass is 10.1. The quantitative estimate of drug-likeness (QED) is 0.296. The first-order valence-electron chi connectivity index (χ1n) is 8.90. The van der Waals surface area contributed by atoms with Crippen molar-refractivity contribution in [3.8, 4) is 0 Å². The molecule has 0 heterocycles. The van der Waals surface area contributed by atoms with Crippen LogP contribution in [0.3, 0.4) is 0 Å². The van der Waals surface area contributed by atoms with Crippen LogP contribution in [0, 0.1) is 0 Å². The molecule has 0 amide bonds. The topological polar surface area (TPSA) is 73.8 Å². The second kappa shape index (κ2) is 13.3. The van der Waals surface area contributed by atoms with Crippen LogP contribution in [0.5, 0.6) is 0 Å². The van der Waals surface area contributed by atoms with Gasteiger partial charge in [0.1, 0.15) is 9.84 Å². The van der Waals surface area contributed by atoms with Gasteiger partial charge in [0.25, 0.3) is 0 Å². The van der Waals surface area contributed by atoms with Crippen molar-refractivity contribution in [2.75, 3.05) is 44.7 Å². The number of halogens is 1. The zero-order chi connectivity index (χ0) is 18.7. The van der Waals surface area contributed by atoms with Crippen LogP contribution in [0.4, 0.5) is 0 Å². The molecular weight excluding hydrogens is 463 g/mol. The van der Waals surface area contributed by atoms with Gasteiger partial charge in [-0.25, -0.2) is 8.42 Å². The Labute approximate surface area is 175 Å². The molecule has 8 heteroatoms. The molecule has 6 nitrogen and oxygen atoms in total. The normalized spacial score (nSPS) is 13.2. The molecule has 0 aliphatic rings. The smallest absolute Gasteiger partial charge is 0.191 e. The van der Waals surface area contributed by atoms with Gasteiger partial charge in [-0.1, -0.05) is 44.2 Å². The number of sulfone groups is 1. The van der Waals surface area contributed by atoms with Crippen molar-refractivity contribution in [3.63, 3.8) is 0 Å². The maximum Gasteiger partial charge on any atom is 0.191 e. The molecule has 26 heavy (non-hydrogen) atoms. The highest BCUT2D eigenvalue weighted by molar-refractivity contribution is 14.0. The minimum Gasteiger partial charge on any atom is -0.357 e. The summed E-state index contributed by atoms with van der Waals surface area (Å²) in [6.45, 7) is 9.88. The number of hydrogen-bond acceptors (Lipinski definition) is 4. The minimum absolute atomic E-state index is 0. The van der Waals surface area contributed by atoms with Gasteiger partial charge in [0, 0.05) is 19.3 Å². The third-order valence-electron chi connectivity index (χ3n) is 3.97. The summed E-state index contributed by atoms with van der Waals surface area (Å²) in [5.74, 6) is 0.745. The number of aliphatic imine (C=N–C) groups is 1. The first kappa shape index (κ1) is 25.1. The van der Waals surface area contributed by atoms with Crippen LogP contribution in [-0.4, -0.2) is 64.0 Å². The Morgan fingerprint density at radius 3 is 2.23 bits per heavy atom. The van der Waals surface area contributed by atoms with Crippen LogP contribution in [0.1, 0.15) is 32.4 Å². The first-order chi connectivity index (χ1) is 11.9. The van der Waals surface area contributed by atoms with Gasteiger partial charge in [0.15, 0.2) is 5.96 Å². The average molecular weight is 496 g/mol. The molecule has 1 aromatic carbocycles. The highest BCUT2D eigenvalue weighted by atomic mass is 127. The maximum absolute atomic E-state index is 11.3. The van der Waals surface area contributed by atoms with E-state index in [9.17, 15) is 8.42 Å². The van der Waals surface area contributed by atoms with Gasteiger partial charge in [0.2, 0.25) is 0 Å². The molecule has 0 aromatic heterocycles.